The Labute approximate surface area is 365 Å². The standard InChI is InChI=1S/C45H55N9O9/c55-40(56)30-49-15-13-48(14-16-50(31-41(57)58)18-20-51(19-17-49)32-42(59)60)28-34-6-3-7-35(47-34)29-52(27-33-5-1-2-12-46-33)21-22-54-44(61)37-9-4-8-36-39(53-23-25-63-26-24-53)11-10-38(43(36)37)45(54)62/h1-12H,13-32H2,(H,55,56)(H,57,58)(H,59,60). The topological polar surface area (TPSA) is 204 Å². The summed E-state index contributed by atoms with van der Waals surface area (Å²) in [4.78, 5) is 86.1. The van der Waals surface area contributed by atoms with E-state index in [0.29, 0.717) is 108 Å². The van der Waals surface area contributed by atoms with E-state index in [2.05, 4.69) is 19.7 Å². The number of aromatic nitrogens is 2. The third kappa shape index (κ3) is 12.2. The van der Waals surface area contributed by atoms with E-state index < -0.39 is 17.9 Å². The molecule has 2 aromatic carbocycles. The Morgan fingerprint density at radius 3 is 1.73 bits per heavy atom. The lowest BCUT2D eigenvalue weighted by Crippen LogP contribution is -2.48. The van der Waals surface area contributed by atoms with Gasteiger partial charge in [-0.25, -0.2) is 0 Å². The van der Waals surface area contributed by atoms with E-state index in [1.807, 2.05) is 60.7 Å². The number of imide groups is 1. The number of carboxylic acid groups (broad SMARTS) is 3. The summed E-state index contributed by atoms with van der Waals surface area (Å²) < 4.78 is 5.56. The number of carboxylic acids is 3. The number of nitrogens with zero attached hydrogens (tertiary/aromatic N) is 9. The Morgan fingerprint density at radius 2 is 1.14 bits per heavy atom. The van der Waals surface area contributed by atoms with E-state index in [-0.39, 0.29) is 38.0 Å². The monoisotopic (exact) mass is 865 g/mol. The van der Waals surface area contributed by atoms with Gasteiger partial charge in [-0.15, -0.1) is 0 Å². The van der Waals surface area contributed by atoms with Crippen molar-refractivity contribution in [1.82, 2.24) is 39.4 Å². The molecule has 3 aliphatic heterocycles. The van der Waals surface area contributed by atoms with E-state index >= 15 is 0 Å². The summed E-state index contributed by atoms with van der Waals surface area (Å²) in [6.07, 6.45) is 1.73. The van der Waals surface area contributed by atoms with Crippen LogP contribution in [0.1, 0.15) is 37.8 Å². The fourth-order valence-corrected chi connectivity index (χ4v) is 8.54. The molecule has 3 N–H and O–H groups in total. The molecule has 2 saturated heterocycles. The maximum Gasteiger partial charge on any atom is 0.317 e. The van der Waals surface area contributed by atoms with Gasteiger partial charge in [0.15, 0.2) is 0 Å². The van der Waals surface area contributed by atoms with Crippen molar-refractivity contribution < 1.29 is 44.0 Å². The van der Waals surface area contributed by atoms with Crippen LogP contribution in [0.3, 0.4) is 0 Å². The minimum Gasteiger partial charge on any atom is -0.480 e. The number of carbonyl (C=O) groups excluding carboxylic acids is 2. The van der Waals surface area contributed by atoms with Crippen molar-refractivity contribution in [1.29, 1.82) is 0 Å². The van der Waals surface area contributed by atoms with Gasteiger partial charge in [0.2, 0.25) is 0 Å². The minimum atomic E-state index is -1.01. The van der Waals surface area contributed by atoms with Crippen LogP contribution in [0.25, 0.3) is 10.8 Å². The zero-order chi connectivity index (χ0) is 44.3. The van der Waals surface area contributed by atoms with Crippen molar-refractivity contribution >= 4 is 46.2 Å². The molecule has 0 atom stereocenters. The average Bonchev–Trinajstić information content (AvgIpc) is 3.26. The number of aliphatic carboxylic acids is 3. The third-order valence-electron chi connectivity index (χ3n) is 11.7. The molecule has 7 rings (SSSR count). The minimum absolute atomic E-state index is 0.146. The largest absolute Gasteiger partial charge is 0.480 e. The molecule has 0 radical (unpaired) electrons. The Bertz CT molecular complexity index is 2200. The zero-order valence-corrected chi connectivity index (χ0v) is 35.4. The molecule has 0 aliphatic carbocycles. The van der Waals surface area contributed by atoms with Crippen molar-refractivity contribution in [2.45, 2.75) is 19.6 Å². The molecule has 0 spiro atoms. The van der Waals surface area contributed by atoms with Crippen molar-refractivity contribution in [2.24, 2.45) is 0 Å². The highest BCUT2D eigenvalue weighted by atomic mass is 16.5. The molecule has 3 aliphatic rings. The van der Waals surface area contributed by atoms with Gasteiger partial charge in [0.05, 0.1) is 49.9 Å². The first-order valence-corrected chi connectivity index (χ1v) is 21.4. The SMILES string of the molecule is O=C(O)CN1CCN(CC(=O)O)CCN(Cc2cccc(CN(CCN3C(=O)c4cccc5c(N6CCOCC6)ccc(c45)C3=O)Cc3ccccn3)n2)CCN(CC(=O)O)CC1. The van der Waals surface area contributed by atoms with Crippen LogP contribution in [-0.2, 0) is 38.8 Å². The Morgan fingerprint density at radius 1 is 0.603 bits per heavy atom. The molecular formula is C45H55N9O9. The molecule has 18 heteroatoms. The number of rotatable bonds is 16. The lowest BCUT2D eigenvalue weighted by molar-refractivity contribution is -0.140. The molecule has 63 heavy (non-hydrogen) atoms. The highest BCUT2D eigenvalue weighted by Crippen LogP contribution is 2.36. The lowest BCUT2D eigenvalue weighted by Gasteiger charge is -2.33. The number of hydrogen-bond donors (Lipinski definition) is 3. The maximum atomic E-state index is 14.1. The molecule has 18 nitrogen and oxygen atoms in total. The van der Waals surface area contributed by atoms with Crippen LogP contribution < -0.4 is 4.90 Å². The molecule has 2 aromatic heterocycles. The first-order valence-electron chi connectivity index (χ1n) is 21.4. The molecule has 2 amide bonds. The highest BCUT2D eigenvalue weighted by molar-refractivity contribution is 6.26. The van der Waals surface area contributed by atoms with Crippen molar-refractivity contribution in [3.63, 3.8) is 0 Å². The smallest absolute Gasteiger partial charge is 0.317 e. The van der Waals surface area contributed by atoms with Crippen molar-refractivity contribution in [3.05, 3.63) is 101 Å². The maximum absolute atomic E-state index is 14.1. The summed E-state index contributed by atoms with van der Waals surface area (Å²) in [5.41, 5.74) is 4.33. The zero-order valence-electron chi connectivity index (χ0n) is 35.4. The van der Waals surface area contributed by atoms with Crippen LogP contribution >= 0.6 is 0 Å². The second-order valence-electron chi connectivity index (χ2n) is 16.2. The van der Waals surface area contributed by atoms with Gasteiger partial charge in [0.25, 0.3) is 11.8 Å². The molecule has 334 valence electrons. The van der Waals surface area contributed by atoms with Crippen LogP contribution in [0.5, 0.6) is 0 Å². The number of benzene rings is 2. The summed E-state index contributed by atoms with van der Waals surface area (Å²) in [6.45, 7) is 6.82. The van der Waals surface area contributed by atoms with Crippen LogP contribution in [-0.4, -0.2) is 196 Å². The van der Waals surface area contributed by atoms with Crippen molar-refractivity contribution in [3.8, 4) is 0 Å². The van der Waals surface area contributed by atoms with Gasteiger partial charge in [-0.3, -0.25) is 63.3 Å². The van der Waals surface area contributed by atoms with E-state index in [4.69, 9.17) is 9.72 Å². The van der Waals surface area contributed by atoms with Gasteiger partial charge in [0.1, 0.15) is 0 Å². The van der Waals surface area contributed by atoms with E-state index in [1.165, 1.54) is 4.90 Å². The normalized spacial score (nSPS) is 17.8. The number of carbonyl (C=O) groups is 5. The summed E-state index contributed by atoms with van der Waals surface area (Å²) in [5.74, 6) is -3.63. The molecule has 0 saturated carbocycles. The quantitative estimate of drug-likeness (QED) is 0.137. The number of ether oxygens (including phenoxy) is 1. The van der Waals surface area contributed by atoms with Crippen LogP contribution in [0, 0.1) is 0 Å². The van der Waals surface area contributed by atoms with E-state index in [9.17, 15) is 39.3 Å². The van der Waals surface area contributed by atoms with E-state index in [1.54, 1.807) is 27.0 Å². The summed E-state index contributed by atoms with van der Waals surface area (Å²) >= 11 is 0. The second-order valence-corrected chi connectivity index (χ2v) is 16.2. The molecular weight excluding hydrogens is 811 g/mol. The number of pyridine rings is 2. The number of anilines is 1. The van der Waals surface area contributed by atoms with Gasteiger partial charge in [-0.1, -0.05) is 24.3 Å². The number of hydrogen-bond acceptors (Lipinski definition) is 14. The lowest BCUT2D eigenvalue weighted by atomic mass is 9.92. The average molecular weight is 866 g/mol. The Kier molecular flexibility index (Phi) is 15.4. The molecule has 5 heterocycles. The van der Waals surface area contributed by atoms with E-state index in [0.717, 1.165) is 41.2 Å². The van der Waals surface area contributed by atoms with Crippen LogP contribution in [0.15, 0.2) is 72.9 Å². The van der Waals surface area contributed by atoms with Gasteiger partial charge < -0.3 is 25.0 Å². The molecule has 0 bridgehead atoms. The van der Waals surface area contributed by atoms with Crippen molar-refractivity contribution in [2.75, 3.05) is 116 Å². The highest BCUT2D eigenvalue weighted by Gasteiger charge is 2.34. The second kappa shape index (κ2) is 21.5. The first kappa shape index (κ1) is 45.1. The summed E-state index contributed by atoms with van der Waals surface area (Å²) in [6, 6.07) is 20.9. The fourth-order valence-electron chi connectivity index (χ4n) is 8.54. The predicted octanol–water partition coefficient (Wildman–Crippen LogP) is 1.74. The molecule has 2 fully saturated rings. The molecule has 4 aromatic rings. The predicted molar refractivity (Wildman–Crippen MR) is 232 cm³/mol. The fraction of sp³-hybridized carbons (Fsp3) is 0.444. The number of amides is 2. The van der Waals surface area contributed by atoms with Gasteiger partial charge in [-0.2, -0.15) is 0 Å². The van der Waals surface area contributed by atoms with Crippen LogP contribution in [0.4, 0.5) is 5.69 Å². The Hall–Kier alpha value is -5.89. The number of morpholine rings is 1. The van der Waals surface area contributed by atoms with Gasteiger partial charge in [-0.05, 0) is 42.5 Å². The molecule has 0 unspecified atom stereocenters. The Balaban J connectivity index is 1.07. The first-order chi connectivity index (χ1) is 30.5. The van der Waals surface area contributed by atoms with Crippen LogP contribution in [0.2, 0.25) is 0 Å². The van der Waals surface area contributed by atoms with Gasteiger partial charge in [0, 0.05) is 132 Å². The third-order valence-corrected chi connectivity index (χ3v) is 11.7. The summed E-state index contributed by atoms with van der Waals surface area (Å²) in [7, 11) is 0. The van der Waals surface area contributed by atoms with Gasteiger partial charge >= 0.3 is 17.9 Å². The summed E-state index contributed by atoms with van der Waals surface area (Å²) in [5, 5.41) is 30.3.